The Morgan fingerprint density at radius 1 is 1.10 bits per heavy atom. The van der Waals surface area contributed by atoms with Gasteiger partial charge in [-0.15, -0.1) is 0 Å². The Bertz CT molecular complexity index is 570. The van der Waals surface area contributed by atoms with Crippen LogP contribution in [-0.4, -0.2) is 18.6 Å². The van der Waals surface area contributed by atoms with Crippen LogP contribution in [-0.2, 0) is 6.61 Å². The van der Waals surface area contributed by atoms with Crippen molar-refractivity contribution in [2.75, 3.05) is 19.0 Å². The summed E-state index contributed by atoms with van der Waals surface area (Å²) in [7, 11) is 1.89. The molecule has 1 aromatic heterocycles. The first-order valence-corrected chi connectivity index (χ1v) is 6.73. The lowest BCUT2D eigenvalue weighted by Gasteiger charge is -2.15. The zero-order chi connectivity index (χ0) is 14.4. The van der Waals surface area contributed by atoms with Crippen molar-refractivity contribution in [3.05, 3.63) is 47.7 Å². The van der Waals surface area contributed by atoms with Crippen molar-refractivity contribution in [1.29, 1.82) is 0 Å². The first kappa shape index (κ1) is 14.2. The Hall–Kier alpha value is -2.23. The molecule has 2 rings (SSSR count). The maximum atomic E-state index is 5.77. The van der Waals surface area contributed by atoms with Gasteiger partial charge in [-0.3, -0.25) is 0 Å². The van der Waals surface area contributed by atoms with E-state index in [1.54, 1.807) is 0 Å². The summed E-state index contributed by atoms with van der Waals surface area (Å²) < 4.78 is 11.4. The maximum absolute atomic E-state index is 5.77. The molecule has 0 radical (unpaired) electrons. The lowest BCUT2D eigenvalue weighted by atomic mass is 10.1. The monoisotopic (exact) mass is 272 g/mol. The molecule has 0 amide bonds. The number of aromatic nitrogens is 1. The van der Waals surface area contributed by atoms with E-state index in [1.807, 2.05) is 57.3 Å². The number of anilines is 1. The van der Waals surface area contributed by atoms with E-state index in [4.69, 9.17) is 9.47 Å². The number of rotatable bonds is 6. The van der Waals surface area contributed by atoms with Gasteiger partial charge in [-0.25, -0.2) is 4.98 Å². The van der Waals surface area contributed by atoms with Crippen LogP contribution in [0.25, 0.3) is 0 Å². The van der Waals surface area contributed by atoms with Crippen molar-refractivity contribution in [1.82, 2.24) is 4.98 Å². The van der Waals surface area contributed by atoms with Crippen LogP contribution in [0.4, 0.5) is 5.69 Å². The van der Waals surface area contributed by atoms with Gasteiger partial charge in [0.2, 0.25) is 5.88 Å². The number of nitrogens with zero attached hydrogens (tertiary/aromatic N) is 1. The highest BCUT2D eigenvalue weighted by atomic mass is 16.5. The number of aryl methyl sites for hydroxylation is 1. The van der Waals surface area contributed by atoms with Crippen molar-refractivity contribution in [2.45, 2.75) is 20.5 Å². The number of benzene rings is 1. The zero-order valence-corrected chi connectivity index (χ0v) is 12.1. The van der Waals surface area contributed by atoms with Gasteiger partial charge in [0.05, 0.1) is 12.2 Å². The van der Waals surface area contributed by atoms with E-state index < -0.39 is 0 Å². The summed E-state index contributed by atoms with van der Waals surface area (Å²) in [6, 6.07) is 11.7. The van der Waals surface area contributed by atoms with E-state index in [0.29, 0.717) is 19.1 Å². The van der Waals surface area contributed by atoms with Gasteiger partial charge in [-0.05, 0) is 32.0 Å². The minimum Gasteiger partial charge on any atom is -0.493 e. The Kier molecular flexibility index (Phi) is 4.82. The summed E-state index contributed by atoms with van der Waals surface area (Å²) in [6.45, 7) is 4.96. The predicted octanol–water partition coefficient (Wildman–Crippen LogP) is 3.41. The molecule has 1 aromatic carbocycles. The largest absolute Gasteiger partial charge is 0.493 e. The van der Waals surface area contributed by atoms with Gasteiger partial charge in [0.1, 0.15) is 12.4 Å². The molecule has 0 saturated carbocycles. The van der Waals surface area contributed by atoms with Crippen LogP contribution in [0, 0.1) is 6.92 Å². The summed E-state index contributed by atoms with van der Waals surface area (Å²) in [6.07, 6.45) is 0. The summed E-state index contributed by atoms with van der Waals surface area (Å²) >= 11 is 0. The van der Waals surface area contributed by atoms with Gasteiger partial charge < -0.3 is 14.8 Å². The molecule has 0 bridgehead atoms. The normalized spacial score (nSPS) is 10.2. The summed E-state index contributed by atoms with van der Waals surface area (Å²) in [5.41, 5.74) is 2.94. The summed E-state index contributed by atoms with van der Waals surface area (Å²) in [5, 5.41) is 3.16. The molecular formula is C16H20N2O2. The molecule has 0 atom stereocenters. The lowest BCUT2D eigenvalue weighted by Crippen LogP contribution is -2.05. The first-order valence-electron chi connectivity index (χ1n) is 6.73. The van der Waals surface area contributed by atoms with E-state index in [2.05, 4.69) is 10.3 Å². The number of hydrogen-bond donors (Lipinski definition) is 1. The van der Waals surface area contributed by atoms with Gasteiger partial charge in [0.15, 0.2) is 0 Å². The smallest absolute Gasteiger partial charge is 0.213 e. The molecule has 106 valence electrons. The molecule has 20 heavy (non-hydrogen) atoms. The van der Waals surface area contributed by atoms with Crippen LogP contribution in [0.15, 0.2) is 36.4 Å². The summed E-state index contributed by atoms with van der Waals surface area (Å²) in [4.78, 5) is 4.34. The van der Waals surface area contributed by atoms with Gasteiger partial charge in [-0.2, -0.15) is 0 Å². The molecule has 4 heteroatoms. The molecule has 0 fully saturated rings. The van der Waals surface area contributed by atoms with Crippen molar-refractivity contribution < 1.29 is 9.47 Å². The first-order chi connectivity index (χ1) is 9.74. The SMILES string of the molecule is CCOc1cccc(NC)c1COc1cccc(C)n1. The zero-order valence-electron chi connectivity index (χ0n) is 12.1. The van der Waals surface area contributed by atoms with E-state index in [1.165, 1.54) is 0 Å². The van der Waals surface area contributed by atoms with Crippen LogP contribution in [0.5, 0.6) is 11.6 Å². The van der Waals surface area contributed by atoms with Crippen LogP contribution in [0.1, 0.15) is 18.2 Å². The Balaban J connectivity index is 2.19. The number of ether oxygens (including phenoxy) is 2. The quantitative estimate of drug-likeness (QED) is 0.875. The Morgan fingerprint density at radius 3 is 2.60 bits per heavy atom. The van der Waals surface area contributed by atoms with Crippen molar-refractivity contribution >= 4 is 5.69 Å². The highest BCUT2D eigenvalue weighted by Gasteiger charge is 2.10. The highest BCUT2D eigenvalue weighted by molar-refractivity contribution is 5.57. The molecule has 0 unspecified atom stereocenters. The predicted molar refractivity (Wildman–Crippen MR) is 80.5 cm³/mol. The fourth-order valence-electron chi connectivity index (χ4n) is 1.98. The topological polar surface area (TPSA) is 43.4 Å². The average Bonchev–Trinajstić information content (AvgIpc) is 2.46. The molecule has 0 spiro atoms. The summed E-state index contributed by atoms with van der Waals surface area (Å²) in [5.74, 6) is 1.46. The van der Waals surface area contributed by atoms with E-state index >= 15 is 0 Å². The molecule has 2 aromatic rings. The van der Waals surface area contributed by atoms with Crippen LogP contribution in [0.3, 0.4) is 0 Å². The molecule has 0 saturated heterocycles. The van der Waals surface area contributed by atoms with Crippen LogP contribution >= 0.6 is 0 Å². The molecule has 0 aliphatic heterocycles. The second kappa shape index (κ2) is 6.80. The van der Waals surface area contributed by atoms with Gasteiger partial charge in [0, 0.05) is 24.5 Å². The third-order valence-corrected chi connectivity index (χ3v) is 2.93. The van der Waals surface area contributed by atoms with E-state index in [0.717, 1.165) is 22.7 Å². The van der Waals surface area contributed by atoms with Crippen molar-refractivity contribution in [3.8, 4) is 11.6 Å². The fourth-order valence-corrected chi connectivity index (χ4v) is 1.98. The standard InChI is InChI=1S/C16H20N2O2/c1-4-19-15-9-6-8-14(17-3)13(15)11-20-16-10-5-7-12(2)18-16/h5-10,17H,4,11H2,1-3H3. The third kappa shape index (κ3) is 3.41. The number of nitrogens with one attached hydrogen (secondary N) is 1. The average molecular weight is 272 g/mol. The second-order valence-corrected chi connectivity index (χ2v) is 4.37. The number of pyridine rings is 1. The molecule has 1 N–H and O–H groups in total. The van der Waals surface area contributed by atoms with Crippen LogP contribution in [0.2, 0.25) is 0 Å². The lowest BCUT2D eigenvalue weighted by molar-refractivity contribution is 0.278. The number of hydrogen-bond acceptors (Lipinski definition) is 4. The van der Waals surface area contributed by atoms with Gasteiger partial charge in [0.25, 0.3) is 0 Å². The fraction of sp³-hybridized carbons (Fsp3) is 0.312. The van der Waals surface area contributed by atoms with Crippen LogP contribution < -0.4 is 14.8 Å². The molecule has 0 aliphatic rings. The molecular weight excluding hydrogens is 252 g/mol. The van der Waals surface area contributed by atoms with E-state index in [-0.39, 0.29) is 0 Å². The minimum absolute atomic E-state index is 0.419. The third-order valence-electron chi connectivity index (χ3n) is 2.93. The maximum Gasteiger partial charge on any atom is 0.213 e. The van der Waals surface area contributed by atoms with E-state index in [9.17, 15) is 0 Å². The van der Waals surface area contributed by atoms with Gasteiger partial charge >= 0.3 is 0 Å². The molecule has 0 aliphatic carbocycles. The molecule has 4 nitrogen and oxygen atoms in total. The second-order valence-electron chi connectivity index (χ2n) is 4.37. The highest BCUT2D eigenvalue weighted by Crippen LogP contribution is 2.27. The van der Waals surface area contributed by atoms with Crippen molar-refractivity contribution in [2.24, 2.45) is 0 Å². The van der Waals surface area contributed by atoms with Gasteiger partial charge in [-0.1, -0.05) is 12.1 Å². The Labute approximate surface area is 119 Å². The minimum atomic E-state index is 0.419. The van der Waals surface area contributed by atoms with Crippen molar-refractivity contribution in [3.63, 3.8) is 0 Å². The molecule has 1 heterocycles. The Morgan fingerprint density at radius 2 is 1.90 bits per heavy atom.